The van der Waals surface area contributed by atoms with Gasteiger partial charge in [0.25, 0.3) is 0 Å². The van der Waals surface area contributed by atoms with Crippen molar-refractivity contribution in [3.05, 3.63) is 41.5 Å². The topological polar surface area (TPSA) is 26.3 Å². The summed E-state index contributed by atoms with van der Waals surface area (Å²) in [7, 11) is 1.15. The first-order valence-corrected chi connectivity index (χ1v) is 3.95. The third-order valence-corrected chi connectivity index (χ3v) is 1.70. The van der Waals surface area contributed by atoms with Gasteiger partial charge in [-0.3, -0.25) is 0 Å². The molecule has 0 unspecified atom stereocenters. The summed E-state index contributed by atoms with van der Waals surface area (Å²) in [5.74, 6) is -2.34. The average Bonchev–Trinajstić information content (AvgIpc) is 2.27. The van der Waals surface area contributed by atoms with E-state index in [4.69, 9.17) is 0 Å². The molecule has 0 aliphatic carbocycles. The lowest BCUT2D eigenvalue weighted by molar-refractivity contribution is 0.0600. The number of carbonyl (C=O) groups is 1. The highest BCUT2D eigenvalue weighted by Gasteiger charge is 2.11. The molecule has 0 N–H and O–H groups in total. The van der Waals surface area contributed by atoms with Crippen LogP contribution in [0.1, 0.15) is 15.9 Å². The standard InChI is InChI=1S/C10H7F3O2/c1-15-10(14)7-4-2-3-6(5-7)8(11)9(12)13/h2-5H,1H3. The number of hydrogen-bond donors (Lipinski definition) is 0. The molecule has 0 atom stereocenters. The monoisotopic (exact) mass is 216 g/mol. The lowest BCUT2D eigenvalue weighted by Crippen LogP contribution is -2.01. The van der Waals surface area contributed by atoms with Gasteiger partial charge in [-0.2, -0.15) is 8.78 Å². The fourth-order valence-corrected chi connectivity index (χ4v) is 1.01. The van der Waals surface area contributed by atoms with E-state index in [2.05, 4.69) is 4.74 Å². The van der Waals surface area contributed by atoms with E-state index >= 15 is 0 Å². The summed E-state index contributed by atoms with van der Waals surface area (Å²) in [5, 5.41) is 0. The van der Waals surface area contributed by atoms with Crippen molar-refractivity contribution in [2.24, 2.45) is 0 Å². The minimum atomic E-state index is -2.42. The maximum absolute atomic E-state index is 12.8. The lowest BCUT2D eigenvalue weighted by Gasteiger charge is -2.01. The summed E-state index contributed by atoms with van der Waals surface area (Å²) in [6.07, 6.45) is -2.42. The van der Waals surface area contributed by atoms with Crippen molar-refractivity contribution in [2.75, 3.05) is 7.11 Å². The summed E-state index contributed by atoms with van der Waals surface area (Å²) in [6, 6.07) is 4.78. The first kappa shape index (κ1) is 11.3. The Bertz CT molecular complexity index is 409. The zero-order valence-corrected chi connectivity index (χ0v) is 7.76. The zero-order valence-electron chi connectivity index (χ0n) is 7.76. The molecule has 1 rings (SSSR count). The van der Waals surface area contributed by atoms with Crippen molar-refractivity contribution in [1.82, 2.24) is 0 Å². The predicted molar refractivity (Wildman–Crippen MR) is 48.0 cm³/mol. The van der Waals surface area contributed by atoms with Gasteiger partial charge < -0.3 is 4.74 Å². The van der Waals surface area contributed by atoms with Crippen LogP contribution in [-0.2, 0) is 4.74 Å². The fourth-order valence-electron chi connectivity index (χ4n) is 1.01. The Balaban J connectivity index is 3.14. The highest BCUT2D eigenvalue weighted by atomic mass is 19.3. The van der Waals surface area contributed by atoms with E-state index in [-0.39, 0.29) is 11.1 Å². The molecular formula is C10H7F3O2. The summed E-state index contributed by atoms with van der Waals surface area (Å²) >= 11 is 0. The molecule has 0 aromatic heterocycles. The summed E-state index contributed by atoms with van der Waals surface area (Å²) in [5.41, 5.74) is -0.329. The second-order valence-electron chi connectivity index (χ2n) is 2.65. The van der Waals surface area contributed by atoms with Crippen LogP contribution >= 0.6 is 0 Å². The van der Waals surface area contributed by atoms with Crippen LogP contribution in [0.2, 0.25) is 0 Å². The molecule has 5 heteroatoms. The lowest BCUT2D eigenvalue weighted by atomic mass is 10.1. The Labute approximate surface area is 84.0 Å². The predicted octanol–water partition coefficient (Wildman–Crippen LogP) is 3.01. The van der Waals surface area contributed by atoms with Crippen LogP contribution in [-0.4, -0.2) is 13.1 Å². The molecule has 1 aromatic rings. The Morgan fingerprint density at radius 2 is 1.80 bits per heavy atom. The molecule has 0 fully saturated rings. The Hall–Kier alpha value is -1.78. The second-order valence-corrected chi connectivity index (χ2v) is 2.65. The Morgan fingerprint density at radius 1 is 1.20 bits per heavy atom. The van der Waals surface area contributed by atoms with Gasteiger partial charge >= 0.3 is 12.0 Å². The van der Waals surface area contributed by atoms with Crippen LogP contribution in [0.5, 0.6) is 0 Å². The van der Waals surface area contributed by atoms with Crippen molar-refractivity contribution in [1.29, 1.82) is 0 Å². The second kappa shape index (κ2) is 4.63. The van der Waals surface area contributed by atoms with Gasteiger partial charge in [-0.15, -0.1) is 0 Å². The smallest absolute Gasteiger partial charge is 0.337 e. The summed E-state index contributed by atoms with van der Waals surface area (Å²) in [4.78, 5) is 11.0. The third-order valence-electron chi connectivity index (χ3n) is 1.70. The van der Waals surface area contributed by atoms with Gasteiger partial charge in [-0.25, -0.2) is 9.18 Å². The molecule has 2 nitrogen and oxygen atoms in total. The highest BCUT2D eigenvalue weighted by Crippen LogP contribution is 2.22. The molecule has 0 aliphatic rings. The molecular weight excluding hydrogens is 209 g/mol. The molecule has 1 aromatic carbocycles. The summed E-state index contributed by atoms with van der Waals surface area (Å²) < 4.78 is 41.0. The van der Waals surface area contributed by atoms with E-state index in [1.807, 2.05) is 0 Å². The van der Waals surface area contributed by atoms with Crippen LogP contribution in [0.4, 0.5) is 13.2 Å². The molecule has 0 saturated heterocycles. The van der Waals surface area contributed by atoms with E-state index in [1.165, 1.54) is 12.1 Å². The Morgan fingerprint density at radius 3 is 2.33 bits per heavy atom. The van der Waals surface area contributed by atoms with Gasteiger partial charge in [-0.05, 0) is 12.1 Å². The fraction of sp³-hybridized carbons (Fsp3) is 0.100. The minimum Gasteiger partial charge on any atom is -0.465 e. The van der Waals surface area contributed by atoms with E-state index < -0.39 is 17.9 Å². The number of halogens is 3. The summed E-state index contributed by atoms with van der Waals surface area (Å²) in [6.45, 7) is 0. The van der Waals surface area contributed by atoms with Crippen LogP contribution in [0.25, 0.3) is 5.83 Å². The largest absolute Gasteiger partial charge is 0.465 e. The molecule has 0 bridgehead atoms. The number of benzene rings is 1. The van der Waals surface area contributed by atoms with Gasteiger partial charge in [0.1, 0.15) is 0 Å². The van der Waals surface area contributed by atoms with Crippen molar-refractivity contribution in [3.63, 3.8) is 0 Å². The van der Waals surface area contributed by atoms with Crippen molar-refractivity contribution in [2.45, 2.75) is 0 Å². The molecule has 0 aliphatic heterocycles. The molecule has 0 heterocycles. The number of hydrogen-bond acceptors (Lipinski definition) is 2. The first-order chi connectivity index (χ1) is 7.06. The van der Waals surface area contributed by atoms with Crippen molar-refractivity contribution < 1.29 is 22.7 Å². The number of carbonyl (C=O) groups excluding carboxylic acids is 1. The number of methoxy groups -OCH3 is 1. The first-order valence-electron chi connectivity index (χ1n) is 3.95. The highest BCUT2D eigenvalue weighted by molar-refractivity contribution is 5.90. The van der Waals surface area contributed by atoms with Crippen LogP contribution in [0.3, 0.4) is 0 Å². The molecule has 15 heavy (non-hydrogen) atoms. The van der Waals surface area contributed by atoms with Gasteiger partial charge in [0.15, 0.2) is 5.83 Å². The van der Waals surface area contributed by atoms with Gasteiger partial charge in [0, 0.05) is 5.56 Å². The van der Waals surface area contributed by atoms with Gasteiger partial charge in [0.2, 0.25) is 0 Å². The minimum absolute atomic E-state index is 0.0198. The Kier molecular flexibility index (Phi) is 3.49. The number of esters is 1. The maximum atomic E-state index is 12.8. The van der Waals surface area contributed by atoms with E-state index in [9.17, 15) is 18.0 Å². The van der Waals surface area contributed by atoms with E-state index in [0.29, 0.717) is 0 Å². The maximum Gasteiger partial charge on any atom is 0.337 e. The molecule has 80 valence electrons. The van der Waals surface area contributed by atoms with Gasteiger partial charge in [-0.1, -0.05) is 12.1 Å². The molecule has 0 radical (unpaired) electrons. The van der Waals surface area contributed by atoms with Gasteiger partial charge in [0.05, 0.1) is 12.7 Å². The normalized spacial score (nSPS) is 9.60. The van der Waals surface area contributed by atoms with E-state index in [0.717, 1.165) is 19.2 Å². The quantitative estimate of drug-likeness (QED) is 0.710. The average molecular weight is 216 g/mol. The van der Waals surface area contributed by atoms with E-state index in [1.54, 1.807) is 0 Å². The molecule has 0 amide bonds. The van der Waals surface area contributed by atoms with Crippen LogP contribution in [0.15, 0.2) is 30.3 Å². The number of rotatable bonds is 2. The van der Waals surface area contributed by atoms with Crippen molar-refractivity contribution >= 4 is 11.8 Å². The van der Waals surface area contributed by atoms with Crippen molar-refractivity contribution in [3.8, 4) is 0 Å². The number of ether oxygens (including phenoxy) is 1. The van der Waals surface area contributed by atoms with Crippen LogP contribution in [0, 0.1) is 0 Å². The third kappa shape index (κ3) is 2.59. The van der Waals surface area contributed by atoms with Crippen LogP contribution < -0.4 is 0 Å². The SMILES string of the molecule is COC(=O)c1cccc(C(F)=C(F)F)c1. The molecule has 0 saturated carbocycles. The molecule has 0 spiro atoms. The zero-order chi connectivity index (χ0) is 11.4.